The molecule has 1 N–H and O–H groups in total. The first-order chi connectivity index (χ1) is 11.9. The Labute approximate surface area is 198 Å². The van der Waals surface area contributed by atoms with Crippen molar-refractivity contribution in [3.8, 4) is 17.2 Å². The Morgan fingerprint density at radius 2 is 1.77 bits per heavy atom. The van der Waals surface area contributed by atoms with Crippen molar-refractivity contribution in [2.24, 2.45) is 0 Å². The number of hydrogen-bond acceptors (Lipinski definition) is 4. The van der Waals surface area contributed by atoms with E-state index < -0.39 is 10.1 Å². The predicted molar refractivity (Wildman–Crippen MR) is 94.7 cm³/mol. The van der Waals surface area contributed by atoms with Crippen LogP contribution in [0.1, 0.15) is 44.6 Å². The Hall–Kier alpha value is -0.414. The molecule has 0 aliphatic rings. The number of aryl methyl sites for hydroxylation is 1. The Balaban J connectivity index is 0.00000338. The molecular weight excluding hydrogens is 379 g/mol. The Kier molecular flexibility index (Phi) is 10.4. The minimum absolute atomic E-state index is 0. The molecule has 0 atom stereocenters. The Morgan fingerprint density at radius 1 is 1.04 bits per heavy atom. The van der Waals surface area contributed by atoms with Gasteiger partial charge in [0.25, 0.3) is 10.1 Å². The number of rotatable bonds is 9. The van der Waals surface area contributed by atoms with Crippen molar-refractivity contribution >= 4 is 10.1 Å². The van der Waals surface area contributed by atoms with Crippen LogP contribution in [0.15, 0.2) is 47.4 Å². The zero-order valence-corrected chi connectivity index (χ0v) is 19.2. The van der Waals surface area contributed by atoms with Crippen molar-refractivity contribution in [3.63, 3.8) is 0 Å². The van der Waals surface area contributed by atoms with Crippen molar-refractivity contribution in [2.45, 2.75) is 50.3 Å². The summed E-state index contributed by atoms with van der Waals surface area (Å²) in [6.07, 6.45) is 6.03. The summed E-state index contributed by atoms with van der Waals surface area (Å²) >= 11 is 0. The second-order valence-corrected chi connectivity index (χ2v) is 7.41. The monoisotopic (exact) mass is 402 g/mol. The van der Waals surface area contributed by atoms with Gasteiger partial charge >= 0.3 is 51.4 Å². The first-order valence-electron chi connectivity index (χ1n) is 8.45. The number of benzene rings is 2. The summed E-state index contributed by atoms with van der Waals surface area (Å²) in [6.45, 7) is 2.14. The zero-order chi connectivity index (χ0) is 18.3. The fourth-order valence-electron chi connectivity index (χ4n) is 2.59. The maximum Gasteiger partial charge on any atom is 1.00 e. The molecule has 5 nitrogen and oxygen atoms in total. The van der Waals surface area contributed by atoms with Gasteiger partial charge in [-0.05, 0) is 48.7 Å². The molecular formula is C19H23KO5S. The molecule has 2 aromatic rings. The molecule has 0 bridgehead atoms. The second kappa shape index (κ2) is 11.4. The summed E-state index contributed by atoms with van der Waals surface area (Å²) in [5.74, 6) is 0.737. The average Bonchev–Trinajstić information content (AvgIpc) is 2.55. The smallest absolute Gasteiger partial charge is 0.872 e. The molecule has 7 heteroatoms. The van der Waals surface area contributed by atoms with Crippen LogP contribution in [-0.4, -0.2) is 13.0 Å². The summed E-state index contributed by atoms with van der Waals surface area (Å²) in [5, 5.41) is 11.4. The quantitative estimate of drug-likeness (QED) is 0.388. The average molecular weight is 403 g/mol. The van der Waals surface area contributed by atoms with Crippen molar-refractivity contribution in [1.82, 2.24) is 0 Å². The molecule has 0 spiro atoms. The van der Waals surface area contributed by atoms with E-state index in [1.807, 2.05) is 0 Å². The Morgan fingerprint density at radius 3 is 2.42 bits per heavy atom. The van der Waals surface area contributed by atoms with Crippen LogP contribution in [0.3, 0.4) is 0 Å². The fraction of sp³-hybridized carbons (Fsp3) is 0.368. The second-order valence-electron chi connectivity index (χ2n) is 5.99. The van der Waals surface area contributed by atoms with E-state index in [1.54, 1.807) is 12.1 Å². The maximum atomic E-state index is 11.4. The third-order valence-electron chi connectivity index (χ3n) is 3.91. The van der Waals surface area contributed by atoms with Gasteiger partial charge in [0, 0.05) is 0 Å². The molecule has 2 rings (SSSR count). The topological polar surface area (TPSA) is 86.7 Å². The molecule has 0 aromatic heterocycles. The summed E-state index contributed by atoms with van der Waals surface area (Å²) in [5.41, 5.74) is 0.697. The number of unbranched alkanes of at least 4 members (excludes halogenated alkanes) is 4. The molecule has 0 amide bonds. The summed E-state index contributed by atoms with van der Waals surface area (Å²) in [6, 6.07) is 10.3. The molecule has 26 heavy (non-hydrogen) atoms. The van der Waals surface area contributed by atoms with E-state index in [4.69, 9.17) is 4.74 Å². The largest absolute Gasteiger partial charge is 1.00 e. The van der Waals surface area contributed by atoms with E-state index in [1.165, 1.54) is 36.8 Å². The zero-order valence-electron chi connectivity index (χ0n) is 15.3. The summed E-state index contributed by atoms with van der Waals surface area (Å²) in [7, 11) is -4.27. The third-order valence-corrected chi connectivity index (χ3v) is 4.76. The number of ether oxygens (including phenoxy) is 1. The van der Waals surface area contributed by atoms with Crippen molar-refractivity contribution in [1.29, 1.82) is 0 Å². The van der Waals surface area contributed by atoms with Gasteiger partial charge < -0.3 is 9.84 Å². The molecule has 0 saturated carbocycles. The van der Waals surface area contributed by atoms with E-state index in [0.717, 1.165) is 25.7 Å². The summed E-state index contributed by atoms with van der Waals surface area (Å²) in [4.78, 5) is -0.152. The van der Waals surface area contributed by atoms with Gasteiger partial charge in [-0.25, -0.2) is 0 Å². The minimum Gasteiger partial charge on any atom is -0.872 e. The van der Waals surface area contributed by atoms with Gasteiger partial charge in [-0.3, -0.25) is 4.55 Å². The van der Waals surface area contributed by atoms with Gasteiger partial charge in [-0.2, -0.15) is 8.42 Å². The van der Waals surface area contributed by atoms with Crippen molar-refractivity contribution < 1.29 is 74.2 Å². The van der Waals surface area contributed by atoms with Crippen LogP contribution in [0, 0.1) is 0 Å². The van der Waals surface area contributed by atoms with Crippen LogP contribution >= 0.6 is 0 Å². The summed E-state index contributed by atoms with van der Waals surface area (Å²) < 4.78 is 37.8. The van der Waals surface area contributed by atoms with Gasteiger partial charge in [-0.15, -0.1) is 5.75 Å². The van der Waals surface area contributed by atoms with Crippen molar-refractivity contribution in [3.05, 3.63) is 48.0 Å². The van der Waals surface area contributed by atoms with E-state index in [9.17, 15) is 18.1 Å². The van der Waals surface area contributed by atoms with Gasteiger partial charge in [0.1, 0.15) is 11.5 Å². The molecule has 2 aromatic carbocycles. The molecule has 0 radical (unpaired) electrons. The van der Waals surface area contributed by atoms with Gasteiger partial charge in [-0.1, -0.05) is 44.7 Å². The third kappa shape index (κ3) is 7.68. The Bertz CT molecular complexity index is 805. The standard InChI is InChI=1S/C19H24O5S.K/c1-2-3-4-5-6-8-15-13-18(25(21,22)23)11-12-19(15)24-17-10-7-9-16(20)14-17;/h7,9-14,20H,2-6,8H2,1H3,(H,21,22,23);/q;+1/p-1. The van der Waals surface area contributed by atoms with E-state index >= 15 is 0 Å². The molecule has 0 fully saturated rings. The fourth-order valence-corrected chi connectivity index (χ4v) is 3.13. The van der Waals surface area contributed by atoms with Crippen molar-refractivity contribution in [2.75, 3.05) is 0 Å². The molecule has 0 unspecified atom stereocenters. The predicted octanol–water partition coefficient (Wildman–Crippen LogP) is 1.32. The first-order valence-corrected chi connectivity index (χ1v) is 9.89. The van der Waals surface area contributed by atoms with E-state index in [0.29, 0.717) is 23.5 Å². The SMILES string of the molecule is CCCCCCCc1cc(S(=O)(=O)O)ccc1Oc1cccc([O-])c1.[K+]. The van der Waals surface area contributed by atoms with Crippen LogP contribution < -0.4 is 61.2 Å². The minimum atomic E-state index is -4.27. The molecule has 0 saturated heterocycles. The van der Waals surface area contributed by atoms with Gasteiger partial charge in [0.2, 0.25) is 0 Å². The molecule has 0 aliphatic heterocycles. The van der Waals surface area contributed by atoms with E-state index in [2.05, 4.69) is 6.92 Å². The maximum absolute atomic E-state index is 11.4. The van der Waals surface area contributed by atoms with Crippen LogP contribution in [0.4, 0.5) is 0 Å². The van der Waals surface area contributed by atoms with E-state index in [-0.39, 0.29) is 62.0 Å². The van der Waals surface area contributed by atoms with Crippen LogP contribution in [0.2, 0.25) is 0 Å². The van der Waals surface area contributed by atoms with Crippen LogP contribution in [0.5, 0.6) is 17.2 Å². The first kappa shape index (κ1) is 23.6. The molecule has 0 aliphatic carbocycles. The van der Waals surface area contributed by atoms with Gasteiger partial charge in [0.15, 0.2) is 0 Å². The molecule has 0 heterocycles. The van der Waals surface area contributed by atoms with Gasteiger partial charge in [0.05, 0.1) is 4.90 Å². The van der Waals surface area contributed by atoms with Crippen LogP contribution in [-0.2, 0) is 16.5 Å². The van der Waals surface area contributed by atoms with Crippen LogP contribution in [0.25, 0.3) is 0 Å². The normalized spacial score (nSPS) is 11.0. The molecule has 136 valence electrons. The number of hydrogen-bond donors (Lipinski definition) is 1.